The highest BCUT2D eigenvalue weighted by atomic mass is 15.1. The Balaban J connectivity index is 1.99. The normalized spacial score (nSPS) is 14.9. The molecule has 0 atom stereocenters. The van der Waals surface area contributed by atoms with Crippen molar-refractivity contribution in [2.45, 2.75) is 6.54 Å². The van der Waals surface area contributed by atoms with E-state index in [-0.39, 0.29) is 0 Å². The minimum Gasteiger partial charge on any atom is -0.366 e. The summed E-state index contributed by atoms with van der Waals surface area (Å²) < 4.78 is 0. The molecule has 0 amide bonds. The van der Waals surface area contributed by atoms with Crippen LogP contribution in [0.3, 0.4) is 0 Å². The summed E-state index contributed by atoms with van der Waals surface area (Å²) in [7, 11) is 0. The molecule has 0 N–H and O–H groups in total. The van der Waals surface area contributed by atoms with Crippen molar-refractivity contribution in [2.24, 2.45) is 4.99 Å². The fraction of sp³-hybridized carbons (Fsp3) is 0.200. The summed E-state index contributed by atoms with van der Waals surface area (Å²) in [6.45, 7) is 1.78. The average molecular weight is 173 g/mol. The van der Waals surface area contributed by atoms with Gasteiger partial charge in [0.1, 0.15) is 0 Å². The maximum Gasteiger partial charge on any atom is 0.0531 e. The van der Waals surface area contributed by atoms with E-state index in [0.717, 1.165) is 13.1 Å². The van der Waals surface area contributed by atoms with Gasteiger partial charge in [-0.25, -0.2) is 0 Å². The van der Waals surface area contributed by atoms with E-state index in [0.29, 0.717) is 0 Å². The van der Waals surface area contributed by atoms with Crippen LogP contribution in [-0.2, 0) is 6.54 Å². The Bertz CT molecular complexity index is 316. The minimum absolute atomic E-state index is 0.880. The second-order valence-electron chi connectivity index (χ2n) is 2.92. The van der Waals surface area contributed by atoms with Gasteiger partial charge >= 0.3 is 0 Å². The number of nitrogens with zero attached hydrogens (tertiary/aromatic N) is 3. The highest BCUT2D eigenvalue weighted by Gasteiger charge is 2.00. The van der Waals surface area contributed by atoms with Crippen LogP contribution in [0.2, 0.25) is 0 Å². The molecular weight excluding hydrogens is 162 g/mol. The topological polar surface area (TPSA) is 28.5 Å². The summed E-state index contributed by atoms with van der Waals surface area (Å²) >= 11 is 0. The third kappa shape index (κ3) is 2.15. The van der Waals surface area contributed by atoms with Crippen molar-refractivity contribution in [3.8, 4) is 0 Å². The quantitative estimate of drug-likeness (QED) is 0.677. The first kappa shape index (κ1) is 7.98. The lowest BCUT2D eigenvalue weighted by Crippen LogP contribution is -2.20. The van der Waals surface area contributed by atoms with Crippen molar-refractivity contribution in [2.75, 3.05) is 6.54 Å². The molecule has 3 nitrogen and oxygen atoms in total. The van der Waals surface area contributed by atoms with Crippen LogP contribution in [0.5, 0.6) is 0 Å². The van der Waals surface area contributed by atoms with Gasteiger partial charge in [-0.1, -0.05) is 6.07 Å². The Morgan fingerprint density at radius 2 is 2.46 bits per heavy atom. The van der Waals surface area contributed by atoms with E-state index in [1.54, 1.807) is 12.4 Å². The van der Waals surface area contributed by atoms with Gasteiger partial charge in [0, 0.05) is 37.6 Å². The van der Waals surface area contributed by atoms with E-state index in [1.165, 1.54) is 5.56 Å². The molecule has 2 heterocycles. The van der Waals surface area contributed by atoms with Crippen LogP contribution in [0.15, 0.2) is 41.9 Å². The molecule has 0 unspecified atom stereocenters. The van der Waals surface area contributed by atoms with Crippen molar-refractivity contribution >= 4 is 6.21 Å². The van der Waals surface area contributed by atoms with Gasteiger partial charge in [0.05, 0.1) is 6.54 Å². The van der Waals surface area contributed by atoms with Crippen LogP contribution in [0.1, 0.15) is 5.56 Å². The Hall–Kier alpha value is -1.64. The molecule has 66 valence electrons. The van der Waals surface area contributed by atoms with Gasteiger partial charge in [-0.3, -0.25) is 9.98 Å². The smallest absolute Gasteiger partial charge is 0.0531 e. The predicted octanol–water partition coefficient (Wildman–Crippen LogP) is 1.44. The second-order valence-corrected chi connectivity index (χ2v) is 2.92. The van der Waals surface area contributed by atoms with Gasteiger partial charge in [0.2, 0.25) is 0 Å². The summed E-state index contributed by atoms with van der Waals surface area (Å²) in [6.07, 6.45) is 9.37. The minimum atomic E-state index is 0.880. The molecule has 0 radical (unpaired) electrons. The molecule has 2 rings (SSSR count). The molecule has 1 aliphatic rings. The molecule has 0 spiro atoms. The van der Waals surface area contributed by atoms with Gasteiger partial charge in [0.25, 0.3) is 0 Å². The first-order valence-electron chi connectivity index (χ1n) is 4.26. The Morgan fingerprint density at radius 1 is 1.46 bits per heavy atom. The zero-order chi connectivity index (χ0) is 8.93. The van der Waals surface area contributed by atoms with Crippen LogP contribution in [-0.4, -0.2) is 22.6 Å². The number of pyridine rings is 1. The highest BCUT2D eigenvalue weighted by molar-refractivity contribution is 5.61. The van der Waals surface area contributed by atoms with Gasteiger partial charge < -0.3 is 4.90 Å². The van der Waals surface area contributed by atoms with Crippen LogP contribution in [0.4, 0.5) is 0 Å². The summed E-state index contributed by atoms with van der Waals surface area (Å²) in [5.41, 5.74) is 1.22. The van der Waals surface area contributed by atoms with Crippen LogP contribution in [0, 0.1) is 0 Å². The summed E-state index contributed by atoms with van der Waals surface area (Å²) in [5, 5.41) is 0. The van der Waals surface area contributed by atoms with Crippen molar-refractivity contribution in [1.29, 1.82) is 0 Å². The van der Waals surface area contributed by atoms with E-state index in [4.69, 9.17) is 0 Å². The molecule has 1 aliphatic heterocycles. The molecule has 1 aromatic rings. The van der Waals surface area contributed by atoms with Gasteiger partial charge in [-0.2, -0.15) is 0 Å². The van der Waals surface area contributed by atoms with E-state index < -0.39 is 0 Å². The summed E-state index contributed by atoms with van der Waals surface area (Å²) in [5.74, 6) is 0. The number of rotatable bonds is 2. The van der Waals surface area contributed by atoms with Crippen molar-refractivity contribution in [3.05, 3.63) is 42.5 Å². The monoisotopic (exact) mass is 173 g/mol. The maximum atomic E-state index is 4.07. The number of aromatic nitrogens is 1. The molecule has 0 aromatic carbocycles. The number of hydrogen-bond acceptors (Lipinski definition) is 3. The third-order valence-corrected chi connectivity index (χ3v) is 1.89. The second kappa shape index (κ2) is 3.85. The SMILES string of the molecule is C1=CN(Cc2cccnc2)CC=N1. The molecule has 3 heteroatoms. The lowest BCUT2D eigenvalue weighted by molar-refractivity contribution is 0.418. The predicted molar refractivity (Wildman–Crippen MR) is 52.3 cm³/mol. The molecule has 0 bridgehead atoms. The Morgan fingerprint density at radius 3 is 3.15 bits per heavy atom. The maximum absolute atomic E-state index is 4.07. The van der Waals surface area contributed by atoms with Crippen molar-refractivity contribution < 1.29 is 0 Å². The number of hydrogen-bond donors (Lipinski definition) is 0. The first-order valence-corrected chi connectivity index (χ1v) is 4.26. The molecule has 0 aliphatic carbocycles. The summed E-state index contributed by atoms with van der Waals surface area (Å²) in [4.78, 5) is 10.3. The van der Waals surface area contributed by atoms with Gasteiger partial charge in [-0.05, 0) is 11.6 Å². The van der Waals surface area contributed by atoms with Crippen molar-refractivity contribution in [3.63, 3.8) is 0 Å². The van der Waals surface area contributed by atoms with Crippen LogP contribution >= 0.6 is 0 Å². The fourth-order valence-electron chi connectivity index (χ4n) is 1.25. The zero-order valence-corrected chi connectivity index (χ0v) is 7.30. The molecule has 0 saturated heterocycles. The average Bonchev–Trinajstić information content (AvgIpc) is 2.21. The molecular formula is C10H11N3. The third-order valence-electron chi connectivity index (χ3n) is 1.89. The van der Waals surface area contributed by atoms with Crippen LogP contribution in [0.25, 0.3) is 0 Å². The Kier molecular flexibility index (Phi) is 2.36. The van der Waals surface area contributed by atoms with E-state index >= 15 is 0 Å². The summed E-state index contributed by atoms with van der Waals surface area (Å²) in [6, 6.07) is 4.03. The standard InChI is InChI=1S/C10H11N3/c1-2-10(8-12-3-1)9-13-6-4-11-5-7-13/h1-6,8H,7,9H2. The van der Waals surface area contributed by atoms with Crippen molar-refractivity contribution in [1.82, 2.24) is 9.88 Å². The van der Waals surface area contributed by atoms with Gasteiger partial charge in [0.15, 0.2) is 0 Å². The lowest BCUT2D eigenvalue weighted by atomic mass is 10.2. The molecule has 0 fully saturated rings. The van der Waals surface area contributed by atoms with E-state index in [9.17, 15) is 0 Å². The number of aliphatic imine (C=N–C) groups is 1. The molecule has 1 aromatic heterocycles. The highest BCUT2D eigenvalue weighted by Crippen LogP contribution is 2.04. The van der Waals surface area contributed by atoms with Gasteiger partial charge in [-0.15, -0.1) is 0 Å². The van der Waals surface area contributed by atoms with E-state index in [1.807, 2.05) is 24.7 Å². The fourth-order valence-corrected chi connectivity index (χ4v) is 1.25. The lowest BCUT2D eigenvalue weighted by Gasteiger charge is -2.19. The molecule has 13 heavy (non-hydrogen) atoms. The Labute approximate surface area is 77.4 Å². The first-order chi connectivity index (χ1) is 6.45. The van der Waals surface area contributed by atoms with Crippen LogP contribution < -0.4 is 0 Å². The molecule has 0 saturated carbocycles. The zero-order valence-electron chi connectivity index (χ0n) is 7.30. The largest absolute Gasteiger partial charge is 0.366 e. The van der Waals surface area contributed by atoms with E-state index in [2.05, 4.69) is 20.9 Å².